The summed E-state index contributed by atoms with van der Waals surface area (Å²) in [5.74, 6) is -5.68. The van der Waals surface area contributed by atoms with Crippen LogP contribution in [-0.4, -0.2) is 87.8 Å². The zero-order valence-corrected chi connectivity index (χ0v) is 25.5. The van der Waals surface area contributed by atoms with Gasteiger partial charge in [-0.2, -0.15) is 0 Å². The Kier molecular flexibility index (Phi) is 15.9. The van der Waals surface area contributed by atoms with Gasteiger partial charge in [-0.25, -0.2) is 4.79 Å². The van der Waals surface area contributed by atoms with E-state index in [4.69, 9.17) is 15.6 Å². The maximum atomic E-state index is 13.0. The molecular weight excluding hydrogens is 600 g/mol. The molecule has 16 nitrogen and oxygen atoms in total. The third kappa shape index (κ3) is 14.5. The van der Waals surface area contributed by atoms with Crippen molar-refractivity contribution in [3.63, 3.8) is 0 Å². The Bertz CT molecular complexity index is 1210. The summed E-state index contributed by atoms with van der Waals surface area (Å²) < 4.78 is 5.07. The second kappa shape index (κ2) is 18.8. The number of carboxylic acid groups (broad SMARTS) is 1. The molecule has 0 saturated carbocycles. The fraction of sp³-hybridized carbons (Fsp3) is 0.481. The lowest BCUT2D eigenvalue weighted by Gasteiger charge is -2.24. The summed E-state index contributed by atoms with van der Waals surface area (Å²) >= 11 is 0.518. The Balaban J connectivity index is 2.79. The highest BCUT2D eigenvalue weighted by atomic mass is 32.2. The molecule has 8 N–H and O–H groups in total. The zero-order chi connectivity index (χ0) is 33.4. The van der Waals surface area contributed by atoms with Crippen LogP contribution in [0.1, 0.15) is 46.1 Å². The van der Waals surface area contributed by atoms with Crippen molar-refractivity contribution in [1.82, 2.24) is 26.6 Å². The van der Waals surface area contributed by atoms with Gasteiger partial charge in [-0.3, -0.25) is 33.6 Å². The number of thioether (sulfide) groups is 1. The molecule has 0 spiro atoms. The molecule has 0 saturated heterocycles. The molecule has 242 valence electrons. The fourth-order valence-corrected chi connectivity index (χ4v) is 3.79. The van der Waals surface area contributed by atoms with Crippen molar-refractivity contribution >= 4 is 58.5 Å². The van der Waals surface area contributed by atoms with Crippen LogP contribution in [0.15, 0.2) is 30.3 Å². The molecule has 6 amide bonds. The molecule has 0 bridgehead atoms. The molecule has 0 aromatic heterocycles. The van der Waals surface area contributed by atoms with E-state index in [1.54, 1.807) is 30.3 Å². The summed E-state index contributed by atoms with van der Waals surface area (Å²) in [7, 11) is 0. The molecule has 1 aromatic rings. The highest BCUT2D eigenvalue weighted by Crippen LogP contribution is 2.10. The van der Waals surface area contributed by atoms with Gasteiger partial charge in [0.1, 0.15) is 36.8 Å². The monoisotopic (exact) mass is 638 g/mol. The van der Waals surface area contributed by atoms with Gasteiger partial charge in [0.05, 0.1) is 5.75 Å². The molecule has 17 heteroatoms. The Morgan fingerprint density at radius 1 is 0.750 bits per heavy atom. The first-order valence-electron chi connectivity index (χ1n) is 13.5. The number of carbonyl (C=O) groups is 8. The number of nitrogens with two attached hydrogens (primary N) is 1. The number of alkyl carbamates (subject to hydrolysis) is 1. The number of amides is 6. The van der Waals surface area contributed by atoms with Gasteiger partial charge in [0.2, 0.25) is 29.5 Å². The first-order valence-corrected chi connectivity index (χ1v) is 14.4. The van der Waals surface area contributed by atoms with E-state index in [9.17, 15) is 38.4 Å². The molecular formula is C27H38N6O10S. The maximum absolute atomic E-state index is 13.0. The first kappa shape index (κ1) is 37.4. The van der Waals surface area contributed by atoms with Crippen LogP contribution in [0.4, 0.5) is 4.79 Å². The van der Waals surface area contributed by atoms with Gasteiger partial charge in [0.25, 0.3) is 0 Å². The average Bonchev–Trinajstić information content (AvgIpc) is 2.96. The van der Waals surface area contributed by atoms with Crippen LogP contribution >= 0.6 is 11.8 Å². The minimum absolute atomic E-state index is 0.0228. The predicted molar refractivity (Wildman–Crippen MR) is 157 cm³/mol. The van der Waals surface area contributed by atoms with Crippen molar-refractivity contribution < 1.29 is 48.2 Å². The van der Waals surface area contributed by atoms with Crippen LogP contribution < -0.4 is 32.3 Å². The number of nitrogens with one attached hydrogen (secondary N) is 5. The Labute approximate surface area is 258 Å². The standard InChI is InChI=1S/C27H38N6O10S/c1-14(22(28)37)29-23(38)15(2)31-26(41)19(10-11-21(36)44-13-20(34)35)33-25(40)16(3)30-24(39)17(4)32-27(42)43-12-18-8-6-5-7-9-18/h5-9,14-17,19H,10-13H2,1-4H3,(H2,28,37)(H,29,38)(H,30,39)(H,31,41)(H,32,42)(H,33,40)(H,34,35)/t14-,15-,16-,17-,19?/m0/s1. The predicted octanol–water partition coefficient (Wildman–Crippen LogP) is -1.09. The van der Waals surface area contributed by atoms with E-state index in [-0.39, 0.29) is 19.4 Å². The second-order valence-corrected chi connectivity index (χ2v) is 10.7. The lowest BCUT2D eigenvalue weighted by molar-refractivity contribution is -0.134. The van der Waals surface area contributed by atoms with Crippen molar-refractivity contribution in [2.75, 3.05) is 5.75 Å². The molecule has 5 atom stereocenters. The molecule has 1 rings (SSSR count). The summed E-state index contributed by atoms with van der Waals surface area (Å²) in [4.78, 5) is 96.8. The van der Waals surface area contributed by atoms with E-state index < -0.39 is 82.7 Å². The van der Waals surface area contributed by atoms with Gasteiger partial charge in [0.15, 0.2) is 5.12 Å². The molecule has 0 fully saturated rings. The van der Waals surface area contributed by atoms with Gasteiger partial charge in [-0.05, 0) is 39.7 Å². The smallest absolute Gasteiger partial charge is 0.408 e. The van der Waals surface area contributed by atoms with Crippen LogP contribution in [0.5, 0.6) is 0 Å². The van der Waals surface area contributed by atoms with Crippen molar-refractivity contribution in [2.24, 2.45) is 5.73 Å². The number of hydrogen-bond acceptors (Lipinski definition) is 10. The molecule has 1 aromatic carbocycles. The number of rotatable bonds is 17. The first-order chi connectivity index (χ1) is 20.6. The molecule has 1 unspecified atom stereocenters. The Hall–Kier alpha value is -4.67. The summed E-state index contributed by atoms with van der Waals surface area (Å²) in [6, 6.07) is 2.97. The van der Waals surface area contributed by atoms with Crippen molar-refractivity contribution in [3.05, 3.63) is 35.9 Å². The largest absolute Gasteiger partial charge is 0.481 e. The molecule has 0 radical (unpaired) electrons. The normalized spacial score (nSPS) is 13.9. The van der Waals surface area contributed by atoms with Gasteiger partial charge in [0, 0.05) is 6.42 Å². The molecule has 44 heavy (non-hydrogen) atoms. The maximum Gasteiger partial charge on any atom is 0.408 e. The third-order valence-corrected chi connectivity index (χ3v) is 6.77. The van der Waals surface area contributed by atoms with E-state index in [1.807, 2.05) is 0 Å². The number of aliphatic carboxylic acids is 1. The van der Waals surface area contributed by atoms with Crippen LogP contribution in [0.3, 0.4) is 0 Å². The topological polar surface area (TPSA) is 252 Å². The van der Waals surface area contributed by atoms with Crippen LogP contribution in [-0.2, 0) is 44.9 Å². The van der Waals surface area contributed by atoms with E-state index in [0.29, 0.717) is 11.8 Å². The highest BCUT2D eigenvalue weighted by molar-refractivity contribution is 8.14. The minimum atomic E-state index is -1.37. The summed E-state index contributed by atoms with van der Waals surface area (Å²) in [5, 5.41) is 20.0. The zero-order valence-electron chi connectivity index (χ0n) is 24.7. The fourth-order valence-electron chi connectivity index (χ4n) is 3.24. The quantitative estimate of drug-likeness (QED) is 0.108. The second-order valence-electron chi connectivity index (χ2n) is 9.68. The molecule has 0 aliphatic heterocycles. The molecule has 0 aliphatic rings. The summed E-state index contributed by atoms with van der Waals surface area (Å²) in [6.07, 6.45) is -1.43. The number of hydrogen-bond donors (Lipinski definition) is 7. The van der Waals surface area contributed by atoms with Gasteiger partial charge < -0.3 is 42.2 Å². The molecule has 0 heterocycles. The number of carboxylic acids is 1. The SMILES string of the molecule is C[C@H](NC(=O)[C@H](C)NC(=O)C(CCC(=O)SCC(=O)O)NC(=O)[C@H](C)NC(=O)[C@H](C)NC(=O)OCc1ccccc1)C(N)=O. The highest BCUT2D eigenvalue weighted by Gasteiger charge is 2.29. The minimum Gasteiger partial charge on any atom is -0.481 e. The number of primary amides is 1. The van der Waals surface area contributed by atoms with E-state index in [1.165, 1.54) is 27.7 Å². The number of carbonyl (C=O) groups excluding carboxylic acids is 7. The lowest BCUT2D eigenvalue weighted by Crippen LogP contribution is -2.57. The van der Waals surface area contributed by atoms with Gasteiger partial charge in [-0.15, -0.1) is 0 Å². The summed E-state index contributed by atoms with van der Waals surface area (Å²) in [5.41, 5.74) is 5.86. The van der Waals surface area contributed by atoms with Crippen LogP contribution in [0, 0.1) is 0 Å². The number of benzene rings is 1. The van der Waals surface area contributed by atoms with E-state index in [0.717, 1.165) is 5.56 Å². The summed E-state index contributed by atoms with van der Waals surface area (Å²) in [6.45, 7) is 5.32. The van der Waals surface area contributed by atoms with Gasteiger partial charge >= 0.3 is 12.1 Å². The van der Waals surface area contributed by atoms with Crippen molar-refractivity contribution in [2.45, 2.75) is 77.4 Å². The number of ether oxygens (including phenoxy) is 1. The van der Waals surface area contributed by atoms with E-state index >= 15 is 0 Å². The third-order valence-electron chi connectivity index (χ3n) is 5.86. The Morgan fingerprint density at radius 2 is 1.25 bits per heavy atom. The average molecular weight is 639 g/mol. The van der Waals surface area contributed by atoms with E-state index in [2.05, 4.69) is 26.6 Å². The van der Waals surface area contributed by atoms with Gasteiger partial charge in [-0.1, -0.05) is 42.1 Å². The van der Waals surface area contributed by atoms with Crippen LogP contribution in [0.25, 0.3) is 0 Å². The van der Waals surface area contributed by atoms with Crippen LogP contribution in [0.2, 0.25) is 0 Å². The lowest BCUT2D eigenvalue weighted by atomic mass is 10.1. The Morgan fingerprint density at radius 3 is 1.80 bits per heavy atom. The molecule has 0 aliphatic carbocycles. The van der Waals surface area contributed by atoms with Crippen molar-refractivity contribution in [3.8, 4) is 0 Å². The van der Waals surface area contributed by atoms with Crippen molar-refractivity contribution in [1.29, 1.82) is 0 Å².